The standard InChI is InChI=1S/C36H45B2NO5.C28H37B2NO5.4CH4/c1-33(2)20-15-26(33)35(5)28(17-20)41-37(43-35)30-22-10-8-9-11-23(22)31(25-14-19(32(40)39-7)12-13-24(25)30)38-42-29-18-21-16-27(34(21,3)4)36(29,6)44-38;1-25(2)26(3,4)34-29(33-25)22-18-12-10-11-13-19(18)23(30-35-27(5,6)28(7,8)36-30)21-16-17(24(32)31-9)14-15-20(21)22;;;;/h8-14,20-21,26-31H,15-18H2,1-7H3,(H,39,40);10-16,22-23H,1-9H3,(H,31,32);4*1H4/t20-,21-,26-,27-,28?,29?,30?,31?,35-,36-;;;;;/m0...../s1. The van der Waals surface area contributed by atoms with E-state index >= 15 is 0 Å². The fourth-order valence-electron chi connectivity index (χ4n) is 17.0. The molecule has 2 amide bonds. The van der Waals surface area contributed by atoms with E-state index in [2.05, 4.69) is 162 Å². The highest BCUT2D eigenvalue weighted by Crippen LogP contribution is 2.68. The van der Waals surface area contributed by atoms with E-state index < -0.39 is 50.9 Å². The molecular formula is C68H98B4N2O10. The van der Waals surface area contributed by atoms with Crippen LogP contribution in [-0.4, -0.2) is 100 Å². The zero-order chi connectivity index (χ0) is 56.8. The summed E-state index contributed by atoms with van der Waals surface area (Å²) in [6.45, 7) is 30.8. The minimum Gasteiger partial charge on any atom is -0.405 e. The fourth-order valence-corrected chi connectivity index (χ4v) is 17.0. The topological polar surface area (TPSA) is 132 Å². The second-order valence-corrected chi connectivity index (χ2v) is 28.9. The van der Waals surface area contributed by atoms with Crippen LogP contribution in [0.5, 0.6) is 0 Å². The van der Waals surface area contributed by atoms with Crippen LogP contribution < -0.4 is 10.6 Å². The van der Waals surface area contributed by atoms with Gasteiger partial charge in [-0.25, -0.2) is 0 Å². The molecule has 8 aliphatic carbocycles. The normalized spacial score (nSPS) is 34.1. The van der Waals surface area contributed by atoms with Crippen molar-refractivity contribution in [3.05, 3.63) is 141 Å². The summed E-state index contributed by atoms with van der Waals surface area (Å²) in [4.78, 5) is 25.6. The Morgan fingerprint density at radius 1 is 0.393 bits per heavy atom. The summed E-state index contributed by atoms with van der Waals surface area (Å²) in [7, 11) is 1.53. The molecule has 10 fully saturated rings. The molecule has 4 saturated heterocycles. The number of amides is 2. The molecule has 4 aliphatic heterocycles. The summed E-state index contributed by atoms with van der Waals surface area (Å²) < 4.78 is 54.5. The lowest BCUT2D eigenvalue weighted by Crippen LogP contribution is -2.65. The lowest BCUT2D eigenvalue weighted by atomic mass is 9.43. The molecule has 84 heavy (non-hydrogen) atoms. The molecule has 452 valence electrons. The van der Waals surface area contributed by atoms with E-state index in [0.717, 1.165) is 46.2 Å². The molecule has 2 N–H and O–H groups in total. The summed E-state index contributed by atoms with van der Waals surface area (Å²) in [6.07, 6.45) is 4.71. The predicted octanol–water partition coefficient (Wildman–Crippen LogP) is 13.6. The Labute approximate surface area is 506 Å². The third-order valence-electron chi connectivity index (χ3n) is 23.4. The second-order valence-electron chi connectivity index (χ2n) is 28.9. The Kier molecular flexibility index (Phi) is 16.2. The molecule has 4 bridgehead atoms. The Morgan fingerprint density at radius 3 is 0.988 bits per heavy atom. The van der Waals surface area contributed by atoms with Gasteiger partial charge < -0.3 is 47.9 Å². The molecule has 6 saturated carbocycles. The highest BCUT2D eigenvalue weighted by molar-refractivity contribution is 6.52. The first kappa shape index (κ1) is 64.2. The average Bonchev–Trinajstić information content (AvgIpc) is 1.66. The molecule has 12 nitrogen and oxygen atoms in total. The maximum atomic E-state index is 13.0. The maximum Gasteiger partial charge on any atom is 0.470 e. The number of benzene rings is 4. The molecule has 6 unspecified atom stereocenters. The van der Waals surface area contributed by atoms with Crippen molar-refractivity contribution in [2.24, 2.45) is 34.5 Å². The van der Waals surface area contributed by atoms with Crippen LogP contribution in [0.15, 0.2) is 84.9 Å². The summed E-state index contributed by atoms with van der Waals surface area (Å²) in [5.41, 5.74) is 8.26. The largest absolute Gasteiger partial charge is 0.470 e. The lowest BCUT2D eigenvalue weighted by molar-refractivity contribution is -0.199. The summed E-state index contributed by atoms with van der Waals surface area (Å²) in [5, 5.41) is 5.58. The van der Waals surface area contributed by atoms with E-state index in [-0.39, 0.29) is 99.0 Å². The molecule has 12 aliphatic rings. The van der Waals surface area contributed by atoms with Crippen LogP contribution in [0.4, 0.5) is 0 Å². The molecule has 4 aromatic rings. The lowest BCUT2D eigenvalue weighted by Gasteiger charge is -2.64. The van der Waals surface area contributed by atoms with Crippen LogP contribution in [0.1, 0.15) is 241 Å². The van der Waals surface area contributed by atoms with Crippen molar-refractivity contribution >= 4 is 40.3 Å². The van der Waals surface area contributed by atoms with Crippen molar-refractivity contribution in [2.75, 3.05) is 14.1 Å². The summed E-state index contributed by atoms with van der Waals surface area (Å²) >= 11 is 0. The SMILES string of the molecule is C.C.C.C.CNC(=O)c1ccc2c(c1)C(B1OC(C)(C)C(C)(C)O1)c1ccccc1C2B1OC(C)(C)C(C)(C)O1.CNC(=O)c1ccc2c(c1)C(B1OC3C[C@@H]4C[C@@H](C4(C)C)[C@]3(C)O1)c1ccccc1C2B1OC2C[C@@H]3C[C@@H](C3(C)C)[C@]2(C)O1. The Morgan fingerprint density at radius 2 is 0.679 bits per heavy atom. The Hall–Kier alpha value is -4.24. The molecule has 4 aromatic carbocycles. The number of nitrogens with one attached hydrogen (secondary N) is 2. The zero-order valence-corrected chi connectivity index (χ0v) is 50.1. The monoisotopic (exact) mass is 1150 g/mol. The third-order valence-corrected chi connectivity index (χ3v) is 23.4. The van der Waals surface area contributed by atoms with E-state index in [9.17, 15) is 9.59 Å². The van der Waals surface area contributed by atoms with Crippen molar-refractivity contribution in [1.82, 2.24) is 10.6 Å². The van der Waals surface area contributed by atoms with E-state index in [4.69, 9.17) is 37.2 Å². The number of carbonyl (C=O) groups is 2. The van der Waals surface area contributed by atoms with Crippen molar-refractivity contribution < 1.29 is 46.8 Å². The van der Waals surface area contributed by atoms with E-state index in [1.165, 1.54) is 24.0 Å². The van der Waals surface area contributed by atoms with Crippen molar-refractivity contribution in [3.8, 4) is 0 Å². The van der Waals surface area contributed by atoms with Crippen LogP contribution in [0, 0.1) is 34.5 Å². The second kappa shape index (κ2) is 21.2. The summed E-state index contributed by atoms with van der Waals surface area (Å²) in [6, 6.07) is 29.2. The van der Waals surface area contributed by atoms with Crippen LogP contribution in [0.2, 0.25) is 0 Å². The maximum absolute atomic E-state index is 13.0. The van der Waals surface area contributed by atoms with Gasteiger partial charge in [0.2, 0.25) is 0 Å². The predicted molar refractivity (Wildman–Crippen MR) is 339 cm³/mol. The van der Waals surface area contributed by atoms with Gasteiger partial charge in [0, 0.05) is 48.5 Å². The van der Waals surface area contributed by atoms with Gasteiger partial charge in [-0.1, -0.05) is 118 Å². The van der Waals surface area contributed by atoms with Gasteiger partial charge in [0.25, 0.3) is 11.8 Å². The third kappa shape index (κ3) is 9.15. The van der Waals surface area contributed by atoms with Gasteiger partial charge >= 0.3 is 28.5 Å². The summed E-state index contributed by atoms with van der Waals surface area (Å²) in [5.74, 6) is 1.49. The molecule has 4 heterocycles. The number of fused-ring (bicyclic) bond motifs is 4. The van der Waals surface area contributed by atoms with E-state index in [1.54, 1.807) is 14.1 Å². The van der Waals surface area contributed by atoms with Gasteiger partial charge in [0.15, 0.2) is 0 Å². The minimum absolute atomic E-state index is 0. The van der Waals surface area contributed by atoms with Crippen molar-refractivity contribution in [3.63, 3.8) is 0 Å². The first-order chi connectivity index (χ1) is 37.6. The quantitative estimate of drug-likeness (QED) is 0.180. The highest BCUT2D eigenvalue weighted by Gasteiger charge is 2.71. The number of hydrogen-bond acceptors (Lipinski definition) is 10. The van der Waals surface area contributed by atoms with Crippen LogP contribution >= 0.6 is 0 Å². The molecule has 0 aromatic heterocycles. The number of hydrogen-bond donors (Lipinski definition) is 2. The van der Waals surface area contributed by atoms with Crippen molar-refractivity contribution in [1.29, 1.82) is 0 Å². The van der Waals surface area contributed by atoms with Crippen LogP contribution in [-0.2, 0) is 37.2 Å². The first-order valence-electron chi connectivity index (χ1n) is 29.8. The van der Waals surface area contributed by atoms with Crippen LogP contribution in [0.3, 0.4) is 0 Å². The number of carbonyl (C=O) groups excluding carboxylic acids is 2. The Bertz CT molecular complexity index is 3170. The first-order valence-corrected chi connectivity index (χ1v) is 29.8. The van der Waals surface area contributed by atoms with Crippen LogP contribution in [0.25, 0.3) is 0 Å². The van der Waals surface area contributed by atoms with Crippen molar-refractivity contribution in [2.45, 2.75) is 221 Å². The van der Waals surface area contributed by atoms with E-state index in [1.807, 2.05) is 30.3 Å². The van der Waals surface area contributed by atoms with Gasteiger partial charge in [-0.15, -0.1) is 0 Å². The van der Waals surface area contributed by atoms with Gasteiger partial charge in [-0.2, -0.15) is 0 Å². The Balaban J connectivity index is 0.000000196. The molecule has 0 radical (unpaired) electrons. The molecule has 16 heteroatoms. The smallest absolute Gasteiger partial charge is 0.405 e. The molecule has 16 rings (SSSR count). The number of rotatable bonds is 6. The zero-order valence-electron chi connectivity index (χ0n) is 50.1. The molecular weight excluding hydrogens is 1050 g/mol. The molecule has 0 spiro atoms. The average molecular weight is 1150 g/mol. The van der Waals surface area contributed by atoms with Gasteiger partial charge in [-0.05, 0) is 198 Å². The van der Waals surface area contributed by atoms with Gasteiger partial charge in [0.05, 0.1) is 45.8 Å². The van der Waals surface area contributed by atoms with Gasteiger partial charge in [0.1, 0.15) is 0 Å². The van der Waals surface area contributed by atoms with Gasteiger partial charge in [-0.3, -0.25) is 9.59 Å². The fraction of sp³-hybridized carbons (Fsp3) is 0.618. The highest BCUT2D eigenvalue weighted by atomic mass is 16.7. The minimum atomic E-state index is -0.505. The molecule has 12 atom stereocenters. The van der Waals surface area contributed by atoms with E-state index in [0.29, 0.717) is 34.8 Å².